The van der Waals surface area contributed by atoms with Crippen LogP contribution in [-0.2, 0) is 4.84 Å². The molecule has 0 fully saturated rings. The fourth-order valence-corrected chi connectivity index (χ4v) is 1.88. The molecule has 0 bridgehead atoms. The number of aliphatic hydroxyl groups excluding tert-OH is 2. The van der Waals surface area contributed by atoms with Crippen LogP contribution in [0.4, 0.5) is 0 Å². The zero-order valence-electron chi connectivity index (χ0n) is 11.0. The predicted molar refractivity (Wildman–Crippen MR) is 71.9 cm³/mol. The molecule has 2 N–H and O–H groups in total. The summed E-state index contributed by atoms with van der Waals surface area (Å²) in [6.07, 6.45) is 0.771. The Morgan fingerprint density at radius 2 is 2.26 bits per heavy atom. The van der Waals surface area contributed by atoms with E-state index in [4.69, 9.17) is 14.7 Å². The van der Waals surface area contributed by atoms with E-state index in [1.165, 1.54) is 0 Å². The van der Waals surface area contributed by atoms with Gasteiger partial charge in [0.05, 0.1) is 12.3 Å². The molecule has 1 heterocycles. The van der Waals surface area contributed by atoms with Gasteiger partial charge in [0.1, 0.15) is 12.4 Å². The van der Waals surface area contributed by atoms with Crippen molar-refractivity contribution in [3.05, 3.63) is 34.9 Å². The van der Waals surface area contributed by atoms with Crippen LogP contribution in [0.3, 0.4) is 0 Å². The van der Waals surface area contributed by atoms with Crippen molar-refractivity contribution < 1.29 is 19.8 Å². The van der Waals surface area contributed by atoms with Crippen molar-refractivity contribution >= 4 is 11.8 Å². The SMILES string of the molecule is CC(=NOCCO)C1=Cc2cccc(C)c2OC1O. The Morgan fingerprint density at radius 3 is 3.00 bits per heavy atom. The molecule has 2 rings (SSSR count). The van der Waals surface area contributed by atoms with Crippen molar-refractivity contribution in [3.8, 4) is 5.75 Å². The van der Waals surface area contributed by atoms with Gasteiger partial charge in [-0.05, 0) is 25.5 Å². The van der Waals surface area contributed by atoms with Crippen molar-refractivity contribution in [2.75, 3.05) is 13.2 Å². The Hall–Kier alpha value is -1.85. The second-order valence-electron chi connectivity index (χ2n) is 4.30. The summed E-state index contributed by atoms with van der Waals surface area (Å²) in [7, 11) is 0. The first-order chi connectivity index (χ1) is 9.13. The topological polar surface area (TPSA) is 71.3 Å². The van der Waals surface area contributed by atoms with Gasteiger partial charge in [-0.25, -0.2) is 0 Å². The van der Waals surface area contributed by atoms with Crippen molar-refractivity contribution in [1.82, 2.24) is 0 Å². The maximum atomic E-state index is 9.99. The molecule has 0 saturated carbocycles. The molecule has 1 aromatic rings. The Morgan fingerprint density at radius 1 is 1.47 bits per heavy atom. The number of aryl methyl sites for hydroxylation is 1. The number of aliphatic hydroxyl groups is 2. The molecule has 102 valence electrons. The second-order valence-corrected chi connectivity index (χ2v) is 4.30. The van der Waals surface area contributed by atoms with Gasteiger partial charge >= 0.3 is 0 Å². The standard InChI is InChI=1S/C14H17NO4/c1-9-4-3-5-11-8-12(14(17)19-13(9)11)10(2)15-18-7-6-16/h3-5,8,14,16-17H,6-7H2,1-2H3. The molecule has 0 spiro atoms. The molecule has 0 aliphatic carbocycles. The number of para-hydroxylation sites is 1. The van der Waals surface area contributed by atoms with Gasteiger partial charge in [0.25, 0.3) is 0 Å². The Labute approximate surface area is 111 Å². The van der Waals surface area contributed by atoms with Gasteiger partial charge in [-0.15, -0.1) is 0 Å². The van der Waals surface area contributed by atoms with Crippen LogP contribution >= 0.6 is 0 Å². The van der Waals surface area contributed by atoms with Crippen LogP contribution in [0, 0.1) is 6.92 Å². The molecule has 1 aliphatic heterocycles. The molecule has 0 radical (unpaired) electrons. The molecule has 1 atom stereocenters. The average molecular weight is 263 g/mol. The molecular formula is C14H17NO4. The van der Waals surface area contributed by atoms with Crippen molar-refractivity contribution in [2.24, 2.45) is 5.16 Å². The van der Waals surface area contributed by atoms with E-state index in [0.717, 1.165) is 11.1 Å². The van der Waals surface area contributed by atoms with Gasteiger partial charge < -0.3 is 19.8 Å². The third kappa shape index (κ3) is 2.94. The molecular weight excluding hydrogens is 246 g/mol. The van der Waals surface area contributed by atoms with Crippen LogP contribution in [0.15, 0.2) is 28.9 Å². The predicted octanol–water partition coefficient (Wildman–Crippen LogP) is 1.47. The number of oxime groups is 1. The van der Waals surface area contributed by atoms with Crippen LogP contribution in [0.2, 0.25) is 0 Å². The first-order valence-corrected chi connectivity index (χ1v) is 6.07. The molecule has 0 saturated heterocycles. The molecule has 5 heteroatoms. The lowest BCUT2D eigenvalue weighted by molar-refractivity contribution is 0.0164. The molecule has 19 heavy (non-hydrogen) atoms. The minimum absolute atomic E-state index is 0.100. The number of ether oxygens (including phenoxy) is 1. The average Bonchev–Trinajstić information content (AvgIpc) is 2.39. The summed E-state index contributed by atoms with van der Waals surface area (Å²) < 4.78 is 5.50. The summed E-state index contributed by atoms with van der Waals surface area (Å²) in [5.74, 6) is 0.683. The first kappa shape index (κ1) is 13.6. The smallest absolute Gasteiger partial charge is 0.226 e. The van der Waals surface area contributed by atoms with Gasteiger partial charge in [-0.3, -0.25) is 0 Å². The molecule has 0 aromatic heterocycles. The van der Waals surface area contributed by atoms with Gasteiger partial charge in [0.15, 0.2) is 0 Å². The third-order valence-electron chi connectivity index (χ3n) is 2.85. The van der Waals surface area contributed by atoms with Crippen LogP contribution < -0.4 is 4.74 Å². The Kier molecular flexibility index (Phi) is 4.19. The van der Waals surface area contributed by atoms with Gasteiger partial charge in [0, 0.05) is 11.1 Å². The lowest BCUT2D eigenvalue weighted by Crippen LogP contribution is -2.26. The van der Waals surface area contributed by atoms with E-state index in [0.29, 0.717) is 17.0 Å². The first-order valence-electron chi connectivity index (χ1n) is 6.07. The highest BCUT2D eigenvalue weighted by Gasteiger charge is 2.23. The summed E-state index contributed by atoms with van der Waals surface area (Å²) in [4.78, 5) is 4.89. The van der Waals surface area contributed by atoms with Gasteiger partial charge in [-0.1, -0.05) is 23.4 Å². The summed E-state index contributed by atoms with van der Waals surface area (Å²) >= 11 is 0. The van der Waals surface area contributed by atoms with Crippen LogP contribution in [-0.4, -0.2) is 35.4 Å². The summed E-state index contributed by atoms with van der Waals surface area (Å²) in [6.45, 7) is 3.67. The minimum atomic E-state index is -1.06. The maximum absolute atomic E-state index is 9.99. The molecule has 1 aromatic carbocycles. The fraction of sp³-hybridized carbons (Fsp3) is 0.357. The molecule has 1 unspecified atom stereocenters. The van der Waals surface area contributed by atoms with E-state index in [-0.39, 0.29) is 13.2 Å². The van der Waals surface area contributed by atoms with Crippen molar-refractivity contribution in [3.63, 3.8) is 0 Å². The molecule has 5 nitrogen and oxygen atoms in total. The second kappa shape index (κ2) is 5.86. The Bertz CT molecular complexity index is 522. The monoisotopic (exact) mass is 263 g/mol. The van der Waals surface area contributed by atoms with E-state index in [9.17, 15) is 5.11 Å². The highest BCUT2D eigenvalue weighted by atomic mass is 16.6. The highest BCUT2D eigenvalue weighted by Crippen LogP contribution is 2.32. The number of fused-ring (bicyclic) bond motifs is 1. The largest absolute Gasteiger partial charge is 0.460 e. The van der Waals surface area contributed by atoms with Crippen LogP contribution in [0.1, 0.15) is 18.1 Å². The van der Waals surface area contributed by atoms with Crippen LogP contribution in [0.5, 0.6) is 5.75 Å². The fourth-order valence-electron chi connectivity index (χ4n) is 1.88. The molecule has 0 amide bonds. The van der Waals surface area contributed by atoms with E-state index < -0.39 is 6.29 Å². The minimum Gasteiger partial charge on any atom is -0.460 e. The quantitative estimate of drug-likeness (QED) is 0.490. The van der Waals surface area contributed by atoms with Crippen molar-refractivity contribution in [1.29, 1.82) is 0 Å². The number of hydrogen-bond acceptors (Lipinski definition) is 5. The Balaban J connectivity index is 2.29. The number of rotatable bonds is 4. The van der Waals surface area contributed by atoms with Gasteiger partial charge in [0.2, 0.25) is 6.29 Å². The zero-order chi connectivity index (χ0) is 13.8. The van der Waals surface area contributed by atoms with E-state index in [1.807, 2.05) is 31.2 Å². The van der Waals surface area contributed by atoms with E-state index in [1.54, 1.807) is 6.92 Å². The lowest BCUT2D eigenvalue weighted by atomic mass is 10.0. The number of nitrogens with zero attached hydrogens (tertiary/aromatic N) is 1. The maximum Gasteiger partial charge on any atom is 0.226 e. The summed E-state index contributed by atoms with van der Waals surface area (Å²) in [5, 5.41) is 22.4. The van der Waals surface area contributed by atoms with Crippen LogP contribution in [0.25, 0.3) is 6.08 Å². The lowest BCUT2D eigenvalue weighted by Gasteiger charge is -2.24. The summed E-state index contributed by atoms with van der Waals surface area (Å²) in [6, 6.07) is 5.77. The van der Waals surface area contributed by atoms with Crippen molar-refractivity contribution in [2.45, 2.75) is 20.1 Å². The zero-order valence-corrected chi connectivity index (χ0v) is 11.0. The number of hydrogen-bond donors (Lipinski definition) is 2. The van der Waals surface area contributed by atoms with Gasteiger partial charge in [-0.2, -0.15) is 0 Å². The highest BCUT2D eigenvalue weighted by molar-refractivity contribution is 6.03. The summed E-state index contributed by atoms with van der Waals surface area (Å²) in [5.41, 5.74) is 2.94. The normalized spacial score (nSPS) is 18.4. The molecule has 1 aliphatic rings. The number of benzene rings is 1. The van der Waals surface area contributed by atoms with E-state index in [2.05, 4.69) is 5.16 Å². The van der Waals surface area contributed by atoms with E-state index >= 15 is 0 Å². The third-order valence-corrected chi connectivity index (χ3v) is 2.85.